The van der Waals surface area contributed by atoms with Gasteiger partial charge in [-0.25, -0.2) is 5.10 Å². The monoisotopic (exact) mass is 940 g/mol. The van der Waals surface area contributed by atoms with Gasteiger partial charge in [0.05, 0.1) is 17.3 Å². The number of anilines is 2. The highest BCUT2D eigenvalue weighted by Gasteiger charge is 2.36. The molecule has 3 aliphatic heterocycles. The van der Waals surface area contributed by atoms with E-state index in [4.69, 9.17) is 49.4 Å². The number of nitrogens with one attached hydrogen (secondary N) is 1. The van der Waals surface area contributed by atoms with Crippen LogP contribution < -0.4 is 16.4 Å². The first kappa shape index (κ1) is 53.2. The van der Waals surface area contributed by atoms with Crippen molar-refractivity contribution in [2.45, 2.75) is 127 Å². The minimum atomic E-state index is -0.0432. The minimum Gasteiger partial charge on any atom is -0.381 e. The molecule has 0 bridgehead atoms. The molecule has 61 heavy (non-hydrogen) atoms. The Bertz CT molecular complexity index is 1740. The van der Waals surface area contributed by atoms with Crippen molar-refractivity contribution in [3.63, 3.8) is 0 Å². The van der Waals surface area contributed by atoms with Crippen molar-refractivity contribution in [3.05, 3.63) is 69.7 Å². The third kappa shape index (κ3) is 17.1. The molecule has 1 saturated carbocycles. The molecule has 5 N–H and O–H groups in total. The van der Waals surface area contributed by atoms with Crippen LogP contribution in [0.4, 0.5) is 11.9 Å². The highest BCUT2D eigenvalue weighted by Crippen LogP contribution is 2.32. The lowest BCUT2D eigenvalue weighted by molar-refractivity contribution is -0.0143. The fourth-order valence-corrected chi connectivity index (χ4v) is 11.1. The van der Waals surface area contributed by atoms with Crippen LogP contribution >= 0.6 is 47.4 Å². The molecular formula is C44H71Cl3N10O2S2. The number of nitrogens with two attached hydrogens (primary N) is 2. The molecular weight excluding hydrogens is 871 g/mol. The molecule has 17 heteroatoms. The number of piperidine rings is 3. The number of nitrogens with zero attached hydrogens (tertiary/aromatic N) is 7. The molecule has 0 spiro atoms. The fourth-order valence-electron chi connectivity index (χ4n) is 9.14. The Labute approximate surface area is 389 Å². The summed E-state index contributed by atoms with van der Waals surface area (Å²) in [6.07, 6.45) is 20.1. The van der Waals surface area contributed by atoms with E-state index in [2.05, 4.69) is 58.5 Å². The Morgan fingerprint density at radius 3 is 1.70 bits per heavy atom. The maximum atomic E-state index is 8.04. The normalized spacial score (nSPS) is 25.4. The van der Waals surface area contributed by atoms with Gasteiger partial charge in [-0.05, 0) is 125 Å². The van der Waals surface area contributed by atoms with E-state index in [0.29, 0.717) is 54.3 Å². The van der Waals surface area contributed by atoms with Gasteiger partial charge >= 0.3 is 0 Å². The molecule has 0 radical (unpaired) electrons. The topological polar surface area (TPSA) is 158 Å². The average molecular weight is 943 g/mol. The second-order valence-corrected chi connectivity index (χ2v) is 20.0. The number of aromatic nitrogens is 3. The van der Waals surface area contributed by atoms with Crippen LogP contribution in [0, 0.1) is 11.5 Å². The predicted molar refractivity (Wildman–Crippen MR) is 261 cm³/mol. The van der Waals surface area contributed by atoms with Gasteiger partial charge in [0.1, 0.15) is 0 Å². The molecule has 7 rings (SSSR count). The number of aromatic amines is 1. The van der Waals surface area contributed by atoms with Crippen LogP contribution in [0.5, 0.6) is 0 Å². The predicted octanol–water partition coefficient (Wildman–Crippen LogP) is 8.64. The van der Waals surface area contributed by atoms with Gasteiger partial charge < -0.3 is 25.8 Å². The van der Waals surface area contributed by atoms with Gasteiger partial charge in [-0.3, -0.25) is 9.80 Å². The Hall–Kier alpha value is -2.16. The molecule has 1 aliphatic carbocycles. The number of nitriles is 1. The summed E-state index contributed by atoms with van der Waals surface area (Å²) in [6, 6.07) is 19.3. The van der Waals surface area contributed by atoms with Gasteiger partial charge in [0.25, 0.3) is 0 Å². The second kappa shape index (κ2) is 27.9. The third-order valence-electron chi connectivity index (χ3n) is 12.3. The molecule has 1 aromatic heterocycles. The number of halogens is 3. The van der Waals surface area contributed by atoms with E-state index in [-0.39, 0.29) is 30.5 Å². The van der Waals surface area contributed by atoms with Gasteiger partial charge in [0.2, 0.25) is 18.1 Å². The largest absolute Gasteiger partial charge is 0.381 e. The van der Waals surface area contributed by atoms with Crippen molar-refractivity contribution in [1.82, 2.24) is 25.0 Å². The number of hydrogen-bond donors (Lipinski definition) is 3. The smallest absolute Gasteiger partial charge is 0.246 e. The Balaban J connectivity index is 0.000000272. The molecule has 342 valence electrons. The third-order valence-corrected chi connectivity index (χ3v) is 15.5. The number of H-pyrrole nitrogens is 1. The maximum Gasteiger partial charge on any atom is 0.246 e. The summed E-state index contributed by atoms with van der Waals surface area (Å²) >= 11 is 13.8. The van der Waals surface area contributed by atoms with Crippen LogP contribution in [0.3, 0.4) is 0 Å². The van der Waals surface area contributed by atoms with E-state index < -0.39 is 0 Å². The van der Waals surface area contributed by atoms with Gasteiger partial charge in [0, 0.05) is 80.7 Å². The van der Waals surface area contributed by atoms with Crippen LogP contribution in [0.15, 0.2) is 52.9 Å². The van der Waals surface area contributed by atoms with Crippen molar-refractivity contribution in [2.75, 3.05) is 68.6 Å². The van der Waals surface area contributed by atoms with Gasteiger partial charge in [0.15, 0.2) is 0 Å². The maximum absolute atomic E-state index is 8.04. The molecule has 4 fully saturated rings. The lowest BCUT2D eigenvalue weighted by Gasteiger charge is -2.46. The van der Waals surface area contributed by atoms with E-state index in [9.17, 15) is 0 Å². The standard InChI is InChI=1S/C20H29ClN6O.C19H29ClN2O.C4H8N2S2.CH4.ClH/c1-28-18-8-11-27(17(13-18)12-14-2-4-15(21)5-3-14)16-6-9-26(10-7-16)20-23-19(22)24-25-20;1-23-19-10-11-22(17-8-6-16(21)7-9-17)18(13-19)12-14-2-4-15(20)5-3-14;1-7-4-8(2)6-3-5;;/h2-5,16-18H,6-13H2,1H3,(H3,22,23,24,25);2-5,16-19H,6-13,21H2,1H3;4H2,1-2H3;1H4;1H/t17-,18+;16?,17?,18-,19+;;;/m00.../s1. The Morgan fingerprint density at radius 2 is 1.30 bits per heavy atom. The summed E-state index contributed by atoms with van der Waals surface area (Å²) in [6.45, 7) is 4.16. The first-order chi connectivity index (χ1) is 28.6. The van der Waals surface area contributed by atoms with E-state index in [1.807, 2.05) is 51.0 Å². The van der Waals surface area contributed by atoms with Crippen LogP contribution in [0.1, 0.15) is 82.8 Å². The number of likely N-dealkylation sites (tertiary alicyclic amines) is 2. The lowest BCUT2D eigenvalue weighted by atomic mass is 9.86. The zero-order valence-electron chi connectivity index (χ0n) is 35.8. The lowest BCUT2D eigenvalue weighted by Crippen LogP contribution is -2.54. The van der Waals surface area contributed by atoms with Crippen molar-refractivity contribution in [3.8, 4) is 6.19 Å². The Kier molecular flexibility index (Phi) is 24.3. The van der Waals surface area contributed by atoms with E-state index in [1.54, 1.807) is 18.0 Å². The number of ether oxygens (including phenoxy) is 2. The SMILES string of the molecule is C.CO[C@@H]1CCN(C2CCC(N)CC2)[C@@H](Cc2ccc(Cl)cc2)C1.CO[C@@H]1CCN(C2CCN(c3n[nH]c(N)n3)CC2)[C@@H](Cc2ccc(Cl)cc2)C1.CSCS(C)=NC#N.Cl. The zero-order valence-corrected chi connectivity index (χ0v) is 39.7. The first-order valence-corrected chi connectivity index (χ1v) is 25.0. The molecule has 4 aliphatic rings. The van der Waals surface area contributed by atoms with E-state index in [0.717, 1.165) is 92.7 Å². The Morgan fingerprint density at radius 1 is 0.820 bits per heavy atom. The summed E-state index contributed by atoms with van der Waals surface area (Å²) in [5, 5.41) is 17.5. The minimum absolute atomic E-state index is 0. The number of hydrogen-bond acceptors (Lipinski definition) is 12. The van der Waals surface area contributed by atoms with E-state index >= 15 is 0 Å². The highest BCUT2D eigenvalue weighted by molar-refractivity contribution is 8.10. The molecule has 3 saturated heterocycles. The van der Waals surface area contributed by atoms with Crippen LogP contribution in [-0.2, 0) is 33.0 Å². The summed E-state index contributed by atoms with van der Waals surface area (Å²) in [5.41, 5.74) is 14.5. The molecule has 12 nitrogen and oxygen atoms in total. The molecule has 3 aromatic rings. The molecule has 2 aromatic carbocycles. The van der Waals surface area contributed by atoms with Gasteiger partial charge in [-0.2, -0.15) is 26.4 Å². The summed E-state index contributed by atoms with van der Waals surface area (Å²) in [4.78, 5) is 12.0. The van der Waals surface area contributed by atoms with Crippen molar-refractivity contribution < 1.29 is 9.47 Å². The van der Waals surface area contributed by atoms with Gasteiger partial charge in [-0.1, -0.05) is 65.6 Å². The van der Waals surface area contributed by atoms with Crippen LogP contribution in [0.25, 0.3) is 0 Å². The average Bonchev–Trinajstić information content (AvgIpc) is 3.69. The number of methoxy groups -OCH3 is 2. The number of rotatable bonds is 11. The quantitative estimate of drug-likeness (QED) is 0.158. The molecule has 1 unspecified atom stereocenters. The van der Waals surface area contributed by atoms with Gasteiger partial charge in [-0.15, -0.1) is 17.5 Å². The molecule has 0 amide bonds. The summed E-state index contributed by atoms with van der Waals surface area (Å²) in [7, 11) is 3.64. The molecule has 4 heterocycles. The summed E-state index contributed by atoms with van der Waals surface area (Å²) < 4.78 is 15.0. The fraction of sp³-hybridized carbons (Fsp3) is 0.659. The summed E-state index contributed by atoms with van der Waals surface area (Å²) in [5.74, 6) is 1.09. The van der Waals surface area contributed by atoms with Crippen LogP contribution in [0.2, 0.25) is 10.0 Å². The zero-order chi connectivity index (χ0) is 42.1. The van der Waals surface area contributed by atoms with Crippen molar-refractivity contribution >= 4 is 70.0 Å². The second-order valence-electron chi connectivity index (χ2n) is 16.2. The first-order valence-electron chi connectivity index (χ1n) is 21.0. The van der Waals surface area contributed by atoms with E-state index in [1.165, 1.54) is 36.8 Å². The number of thioether (sulfide) groups is 1. The highest BCUT2D eigenvalue weighted by atomic mass is 35.5. The number of benzene rings is 2. The molecule has 5 atom stereocenters. The van der Waals surface area contributed by atoms with Crippen LogP contribution in [-0.4, -0.2) is 125 Å². The van der Waals surface area contributed by atoms with Crippen molar-refractivity contribution in [2.24, 2.45) is 10.1 Å². The van der Waals surface area contributed by atoms with Crippen molar-refractivity contribution in [1.29, 1.82) is 5.26 Å². The number of nitrogen functional groups attached to an aromatic ring is 1.